The smallest absolute Gasteiger partial charge is 0.227 e. The molecule has 1 N–H and O–H groups in total. The quantitative estimate of drug-likeness (QED) is 0.904. The van der Waals surface area contributed by atoms with Crippen LogP contribution in [0, 0.1) is 5.92 Å². The van der Waals surface area contributed by atoms with Crippen molar-refractivity contribution >= 4 is 17.3 Å². The second kappa shape index (κ2) is 7.92. The van der Waals surface area contributed by atoms with Gasteiger partial charge < -0.3 is 19.7 Å². The molecule has 5 heteroatoms. The van der Waals surface area contributed by atoms with Gasteiger partial charge in [0.05, 0.1) is 19.9 Å². The van der Waals surface area contributed by atoms with Crippen LogP contribution in [-0.4, -0.2) is 33.2 Å². The van der Waals surface area contributed by atoms with E-state index in [0.29, 0.717) is 17.2 Å². The van der Waals surface area contributed by atoms with Crippen LogP contribution in [0.2, 0.25) is 0 Å². The predicted octanol–water partition coefficient (Wildman–Crippen LogP) is 3.56. The number of nitrogens with one attached hydrogen (secondary N) is 1. The van der Waals surface area contributed by atoms with Gasteiger partial charge in [0.25, 0.3) is 0 Å². The number of ether oxygens (including phenoxy) is 2. The summed E-state index contributed by atoms with van der Waals surface area (Å²) >= 11 is 0. The van der Waals surface area contributed by atoms with Gasteiger partial charge >= 0.3 is 0 Å². The third kappa shape index (κ3) is 4.05. The molecule has 2 aromatic rings. The summed E-state index contributed by atoms with van der Waals surface area (Å²) in [4.78, 5) is 15.0. The lowest BCUT2D eigenvalue weighted by Gasteiger charge is -2.33. The molecular formula is C20H24N2O3. The van der Waals surface area contributed by atoms with Gasteiger partial charge in [0.15, 0.2) is 0 Å². The normalized spacial score (nSPS) is 14.9. The SMILES string of the molecule is COc1ccc(OC)c(NC(=O)C2CCN(c3ccccc3)CC2)c1. The topological polar surface area (TPSA) is 50.8 Å². The molecule has 5 nitrogen and oxygen atoms in total. The van der Waals surface area contributed by atoms with Gasteiger partial charge in [-0.05, 0) is 37.1 Å². The van der Waals surface area contributed by atoms with Gasteiger partial charge in [-0.2, -0.15) is 0 Å². The van der Waals surface area contributed by atoms with Gasteiger partial charge in [-0.15, -0.1) is 0 Å². The highest BCUT2D eigenvalue weighted by atomic mass is 16.5. The Hall–Kier alpha value is -2.69. The first-order valence-corrected chi connectivity index (χ1v) is 8.54. The molecule has 2 aromatic carbocycles. The Balaban J connectivity index is 1.62. The van der Waals surface area contributed by atoms with Gasteiger partial charge in [-0.25, -0.2) is 0 Å². The molecule has 0 aromatic heterocycles. The largest absolute Gasteiger partial charge is 0.497 e. The fourth-order valence-corrected chi connectivity index (χ4v) is 3.19. The highest BCUT2D eigenvalue weighted by Gasteiger charge is 2.25. The lowest BCUT2D eigenvalue weighted by atomic mass is 9.95. The van der Waals surface area contributed by atoms with E-state index in [-0.39, 0.29) is 11.8 Å². The molecule has 1 amide bonds. The summed E-state index contributed by atoms with van der Waals surface area (Å²) in [5.41, 5.74) is 1.87. The third-order valence-corrected chi connectivity index (χ3v) is 4.65. The van der Waals surface area contributed by atoms with Crippen LogP contribution in [0.4, 0.5) is 11.4 Å². The third-order valence-electron chi connectivity index (χ3n) is 4.65. The zero-order valence-electron chi connectivity index (χ0n) is 14.7. The van der Waals surface area contributed by atoms with Crippen molar-refractivity contribution in [3.63, 3.8) is 0 Å². The molecular weight excluding hydrogens is 316 g/mol. The van der Waals surface area contributed by atoms with Crippen molar-refractivity contribution in [3.05, 3.63) is 48.5 Å². The number of para-hydroxylation sites is 1. The second-order valence-electron chi connectivity index (χ2n) is 6.15. The maximum atomic E-state index is 12.7. The minimum Gasteiger partial charge on any atom is -0.497 e. The number of hydrogen-bond donors (Lipinski definition) is 1. The molecule has 1 fully saturated rings. The van der Waals surface area contributed by atoms with Crippen molar-refractivity contribution in [2.24, 2.45) is 5.92 Å². The van der Waals surface area contributed by atoms with E-state index in [9.17, 15) is 4.79 Å². The van der Waals surface area contributed by atoms with Crippen molar-refractivity contribution < 1.29 is 14.3 Å². The van der Waals surface area contributed by atoms with Crippen molar-refractivity contribution in [2.75, 3.05) is 37.5 Å². The molecule has 0 saturated carbocycles. The van der Waals surface area contributed by atoms with Gasteiger partial charge in [0.1, 0.15) is 11.5 Å². The molecule has 0 radical (unpaired) electrons. The summed E-state index contributed by atoms with van der Waals surface area (Å²) in [6, 6.07) is 15.7. The van der Waals surface area contributed by atoms with Crippen molar-refractivity contribution in [1.82, 2.24) is 0 Å². The molecule has 0 unspecified atom stereocenters. The summed E-state index contributed by atoms with van der Waals surface area (Å²) in [6.07, 6.45) is 1.68. The van der Waals surface area contributed by atoms with Crippen LogP contribution in [0.1, 0.15) is 12.8 Å². The standard InChI is InChI=1S/C20H24N2O3/c1-24-17-8-9-19(25-2)18(14-17)21-20(23)15-10-12-22(13-11-15)16-6-4-3-5-7-16/h3-9,14-15H,10-13H2,1-2H3,(H,21,23). The predicted molar refractivity (Wildman–Crippen MR) is 99.6 cm³/mol. The van der Waals surface area contributed by atoms with Crippen LogP contribution in [-0.2, 0) is 4.79 Å². The summed E-state index contributed by atoms with van der Waals surface area (Å²) in [5.74, 6) is 1.38. The lowest BCUT2D eigenvalue weighted by Crippen LogP contribution is -2.38. The number of piperidine rings is 1. The molecule has 1 aliphatic heterocycles. The van der Waals surface area contributed by atoms with Crippen molar-refractivity contribution in [2.45, 2.75) is 12.8 Å². The molecule has 1 heterocycles. The number of nitrogens with zero attached hydrogens (tertiary/aromatic N) is 1. The Morgan fingerprint density at radius 3 is 2.40 bits per heavy atom. The number of anilines is 2. The second-order valence-corrected chi connectivity index (χ2v) is 6.15. The van der Waals surface area contributed by atoms with Crippen molar-refractivity contribution in [3.8, 4) is 11.5 Å². The van der Waals surface area contributed by atoms with Gasteiger partial charge in [0, 0.05) is 30.8 Å². The number of benzene rings is 2. The fourth-order valence-electron chi connectivity index (χ4n) is 3.19. The Kier molecular flexibility index (Phi) is 5.43. The minimum atomic E-state index is 0.0101. The van der Waals surface area contributed by atoms with Gasteiger partial charge in [-0.1, -0.05) is 18.2 Å². The van der Waals surface area contributed by atoms with Gasteiger partial charge in [-0.3, -0.25) is 4.79 Å². The molecule has 0 bridgehead atoms. The van der Waals surface area contributed by atoms with E-state index >= 15 is 0 Å². The Bertz CT molecular complexity index is 710. The van der Waals surface area contributed by atoms with E-state index in [1.165, 1.54) is 5.69 Å². The lowest BCUT2D eigenvalue weighted by molar-refractivity contribution is -0.120. The first-order valence-electron chi connectivity index (χ1n) is 8.54. The number of amides is 1. The van der Waals surface area contributed by atoms with E-state index in [0.717, 1.165) is 25.9 Å². The van der Waals surface area contributed by atoms with Gasteiger partial charge in [0.2, 0.25) is 5.91 Å². The fraction of sp³-hybridized carbons (Fsp3) is 0.350. The van der Waals surface area contributed by atoms with Crippen LogP contribution >= 0.6 is 0 Å². The molecule has 0 aliphatic carbocycles. The van der Waals surface area contributed by atoms with E-state index in [4.69, 9.17) is 9.47 Å². The Morgan fingerprint density at radius 2 is 1.76 bits per heavy atom. The highest BCUT2D eigenvalue weighted by Crippen LogP contribution is 2.30. The first kappa shape index (κ1) is 17.1. The molecule has 3 rings (SSSR count). The van der Waals surface area contributed by atoms with E-state index < -0.39 is 0 Å². The molecule has 132 valence electrons. The van der Waals surface area contributed by atoms with Crippen LogP contribution in [0.15, 0.2) is 48.5 Å². The molecule has 0 spiro atoms. The van der Waals surface area contributed by atoms with E-state index in [1.54, 1.807) is 26.4 Å². The van der Waals surface area contributed by atoms with Crippen LogP contribution in [0.3, 0.4) is 0 Å². The maximum Gasteiger partial charge on any atom is 0.227 e. The average molecular weight is 340 g/mol. The van der Waals surface area contributed by atoms with E-state index in [2.05, 4.69) is 22.3 Å². The summed E-state index contributed by atoms with van der Waals surface area (Å²) in [5, 5.41) is 3.00. The van der Waals surface area contributed by atoms with Crippen LogP contribution in [0.5, 0.6) is 11.5 Å². The Labute approximate surface area is 148 Å². The monoisotopic (exact) mass is 340 g/mol. The number of carbonyl (C=O) groups excluding carboxylic acids is 1. The first-order chi connectivity index (χ1) is 12.2. The zero-order chi connectivity index (χ0) is 17.6. The molecule has 0 atom stereocenters. The molecule has 1 saturated heterocycles. The summed E-state index contributed by atoms with van der Waals surface area (Å²) in [7, 11) is 3.20. The zero-order valence-corrected chi connectivity index (χ0v) is 14.7. The molecule has 25 heavy (non-hydrogen) atoms. The summed E-state index contributed by atoms with van der Waals surface area (Å²) in [6.45, 7) is 1.77. The number of hydrogen-bond acceptors (Lipinski definition) is 4. The van der Waals surface area contributed by atoms with E-state index in [1.807, 2.05) is 24.3 Å². The number of carbonyl (C=O) groups is 1. The maximum absolute atomic E-state index is 12.7. The minimum absolute atomic E-state index is 0.0101. The van der Waals surface area contributed by atoms with Crippen molar-refractivity contribution in [1.29, 1.82) is 0 Å². The van der Waals surface area contributed by atoms with Crippen LogP contribution in [0.25, 0.3) is 0 Å². The average Bonchev–Trinajstić information content (AvgIpc) is 2.68. The number of methoxy groups -OCH3 is 2. The number of rotatable bonds is 5. The Morgan fingerprint density at radius 1 is 1.04 bits per heavy atom. The molecule has 1 aliphatic rings. The highest BCUT2D eigenvalue weighted by molar-refractivity contribution is 5.94. The van der Waals surface area contributed by atoms with Crippen LogP contribution < -0.4 is 19.7 Å². The summed E-state index contributed by atoms with van der Waals surface area (Å²) < 4.78 is 10.6.